The summed E-state index contributed by atoms with van der Waals surface area (Å²) in [5, 5.41) is 5.56. The molecular weight excluding hydrogens is 422 g/mol. The van der Waals surface area contributed by atoms with Crippen molar-refractivity contribution in [3.63, 3.8) is 0 Å². The van der Waals surface area contributed by atoms with Crippen LogP contribution in [0.15, 0.2) is 72.8 Å². The Morgan fingerprint density at radius 2 is 1.69 bits per heavy atom. The number of carbonyl (C=O) groups is 2. The van der Waals surface area contributed by atoms with Crippen molar-refractivity contribution < 1.29 is 14.3 Å². The van der Waals surface area contributed by atoms with Gasteiger partial charge < -0.3 is 15.4 Å². The van der Waals surface area contributed by atoms with E-state index in [2.05, 4.69) is 10.6 Å². The van der Waals surface area contributed by atoms with E-state index in [1.165, 1.54) is 0 Å². The molecule has 32 heavy (non-hydrogen) atoms. The fourth-order valence-corrected chi connectivity index (χ4v) is 4.73. The van der Waals surface area contributed by atoms with Crippen LogP contribution in [0.2, 0.25) is 0 Å². The first kappa shape index (κ1) is 21.8. The normalized spacial score (nSPS) is 15.5. The van der Waals surface area contributed by atoms with E-state index in [0.29, 0.717) is 23.7 Å². The molecule has 164 valence electrons. The molecule has 4 rings (SSSR count). The number of amides is 3. The number of nitrogens with zero attached hydrogens (tertiary/aromatic N) is 1. The van der Waals surface area contributed by atoms with E-state index < -0.39 is 0 Å². The van der Waals surface area contributed by atoms with Gasteiger partial charge in [0.1, 0.15) is 11.1 Å². The van der Waals surface area contributed by atoms with Crippen molar-refractivity contribution in [1.82, 2.24) is 0 Å². The van der Waals surface area contributed by atoms with Gasteiger partial charge in [0.25, 0.3) is 0 Å². The van der Waals surface area contributed by atoms with E-state index in [1.807, 2.05) is 79.4 Å². The van der Waals surface area contributed by atoms with E-state index >= 15 is 0 Å². The molecule has 1 unspecified atom stereocenters. The molecule has 0 aliphatic carbocycles. The number of carbonyl (C=O) groups excluding carboxylic acids is 2. The molecule has 0 radical (unpaired) electrons. The first-order valence-electron chi connectivity index (χ1n) is 10.4. The highest BCUT2D eigenvalue weighted by molar-refractivity contribution is 8.00. The number of aryl methyl sites for hydroxylation is 1. The van der Waals surface area contributed by atoms with Crippen LogP contribution in [0.5, 0.6) is 5.75 Å². The molecule has 3 aromatic rings. The second-order valence-electron chi connectivity index (χ2n) is 7.42. The van der Waals surface area contributed by atoms with Crippen LogP contribution in [-0.2, 0) is 4.79 Å². The Hall–Kier alpha value is -3.45. The molecule has 0 saturated carbocycles. The van der Waals surface area contributed by atoms with Crippen LogP contribution in [0.25, 0.3) is 0 Å². The highest BCUT2D eigenvalue weighted by Gasteiger charge is 2.34. The third kappa shape index (κ3) is 5.06. The Bertz CT molecular complexity index is 1100. The van der Waals surface area contributed by atoms with Gasteiger partial charge in [-0.25, -0.2) is 4.79 Å². The molecular formula is C25H25N3O3S. The standard InChI is InChI=1S/C25H25N3O3S/c1-3-31-22-13-11-20(12-14-22)27-25(30)26-19-9-7-18(8-10-19)24-28(23(29)16-32-24)21-6-4-5-17(2)15-21/h4-15,24H,3,16H2,1-2H3,(H2,26,27,30). The SMILES string of the molecule is CCOc1ccc(NC(=O)Nc2ccc(C3SCC(=O)N3c3cccc(C)c3)cc2)cc1. The minimum atomic E-state index is -0.325. The van der Waals surface area contributed by atoms with Gasteiger partial charge in [-0.15, -0.1) is 11.8 Å². The van der Waals surface area contributed by atoms with E-state index in [1.54, 1.807) is 23.9 Å². The van der Waals surface area contributed by atoms with Crippen molar-refractivity contribution >= 4 is 40.8 Å². The first-order valence-corrected chi connectivity index (χ1v) is 11.5. The van der Waals surface area contributed by atoms with Crippen LogP contribution in [0.3, 0.4) is 0 Å². The highest BCUT2D eigenvalue weighted by atomic mass is 32.2. The van der Waals surface area contributed by atoms with Crippen LogP contribution in [0.1, 0.15) is 23.4 Å². The number of hydrogen-bond donors (Lipinski definition) is 2. The number of anilines is 3. The minimum absolute atomic E-state index is 0.0870. The topological polar surface area (TPSA) is 70.7 Å². The zero-order valence-corrected chi connectivity index (χ0v) is 18.8. The maximum absolute atomic E-state index is 12.5. The van der Waals surface area contributed by atoms with E-state index in [4.69, 9.17) is 4.74 Å². The Labute approximate surface area is 192 Å². The monoisotopic (exact) mass is 447 g/mol. The third-order valence-corrected chi connectivity index (χ3v) is 6.24. The van der Waals surface area contributed by atoms with Crippen molar-refractivity contribution in [2.45, 2.75) is 19.2 Å². The second kappa shape index (κ2) is 9.78. The molecule has 1 heterocycles. The average Bonchev–Trinajstić information content (AvgIpc) is 3.17. The first-order chi connectivity index (χ1) is 15.5. The smallest absolute Gasteiger partial charge is 0.323 e. The lowest BCUT2D eigenvalue weighted by Gasteiger charge is -2.25. The van der Waals surface area contributed by atoms with Gasteiger partial charge in [0.15, 0.2) is 0 Å². The summed E-state index contributed by atoms with van der Waals surface area (Å²) in [7, 11) is 0. The minimum Gasteiger partial charge on any atom is -0.494 e. The Morgan fingerprint density at radius 3 is 2.31 bits per heavy atom. The summed E-state index contributed by atoms with van der Waals surface area (Å²) >= 11 is 1.60. The summed E-state index contributed by atoms with van der Waals surface area (Å²) in [6, 6.07) is 22.5. The van der Waals surface area contributed by atoms with Gasteiger partial charge in [-0.05, 0) is 73.5 Å². The van der Waals surface area contributed by atoms with Gasteiger partial charge in [0.2, 0.25) is 5.91 Å². The number of benzene rings is 3. The lowest BCUT2D eigenvalue weighted by atomic mass is 10.1. The van der Waals surface area contributed by atoms with Crippen molar-refractivity contribution in [2.24, 2.45) is 0 Å². The van der Waals surface area contributed by atoms with Crippen LogP contribution in [0.4, 0.5) is 21.9 Å². The molecule has 2 N–H and O–H groups in total. The fourth-order valence-electron chi connectivity index (χ4n) is 3.55. The molecule has 1 aliphatic heterocycles. The summed E-state index contributed by atoms with van der Waals surface area (Å²) in [6.07, 6.45) is 0. The summed E-state index contributed by atoms with van der Waals surface area (Å²) in [4.78, 5) is 26.7. The number of nitrogens with one attached hydrogen (secondary N) is 2. The molecule has 7 heteroatoms. The number of hydrogen-bond acceptors (Lipinski definition) is 4. The van der Waals surface area contributed by atoms with Gasteiger partial charge in [0, 0.05) is 17.1 Å². The van der Waals surface area contributed by atoms with E-state index in [9.17, 15) is 9.59 Å². The molecule has 0 bridgehead atoms. The van der Waals surface area contributed by atoms with Crippen LogP contribution in [0, 0.1) is 6.92 Å². The van der Waals surface area contributed by atoms with Crippen molar-refractivity contribution in [3.05, 3.63) is 83.9 Å². The van der Waals surface area contributed by atoms with Crippen molar-refractivity contribution in [3.8, 4) is 5.75 Å². The molecule has 3 amide bonds. The summed E-state index contributed by atoms with van der Waals surface area (Å²) < 4.78 is 5.41. The Morgan fingerprint density at radius 1 is 1.03 bits per heavy atom. The lowest BCUT2D eigenvalue weighted by molar-refractivity contribution is -0.115. The van der Waals surface area contributed by atoms with E-state index in [-0.39, 0.29) is 17.3 Å². The molecule has 1 fully saturated rings. The number of thioether (sulfide) groups is 1. The number of ether oxygens (including phenoxy) is 1. The van der Waals surface area contributed by atoms with Crippen molar-refractivity contribution in [2.75, 3.05) is 27.9 Å². The van der Waals surface area contributed by atoms with E-state index in [0.717, 1.165) is 22.6 Å². The van der Waals surface area contributed by atoms with Crippen LogP contribution >= 0.6 is 11.8 Å². The van der Waals surface area contributed by atoms with Gasteiger partial charge >= 0.3 is 6.03 Å². The second-order valence-corrected chi connectivity index (χ2v) is 8.49. The van der Waals surface area contributed by atoms with Crippen LogP contribution in [-0.4, -0.2) is 24.3 Å². The van der Waals surface area contributed by atoms with Crippen molar-refractivity contribution in [1.29, 1.82) is 0 Å². The zero-order chi connectivity index (χ0) is 22.5. The Kier molecular flexibility index (Phi) is 6.66. The lowest BCUT2D eigenvalue weighted by Crippen LogP contribution is -2.27. The van der Waals surface area contributed by atoms with Gasteiger partial charge in [-0.2, -0.15) is 0 Å². The third-order valence-electron chi connectivity index (χ3n) is 5.02. The molecule has 1 atom stereocenters. The summed E-state index contributed by atoms with van der Waals surface area (Å²) in [5.74, 6) is 1.31. The summed E-state index contributed by atoms with van der Waals surface area (Å²) in [5.41, 5.74) is 4.39. The predicted molar refractivity (Wildman–Crippen MR) is 131 cm³/mol. The average molecular weight is 448 g/mol. The molecule has 3 aromatic carbocycles. The Balaban J connectivity index is 1.41. The van der Waals surface area contributed by atoms with Gasteiger partial charge in [0.05, 0.1) is 12.4 Å². The van der Waals surface area contributed by atoms with Gasteiger partial charge in [-0.3, -0.25) is 9.69 Å². The largest absolute Gasteiger partial charge is 0.494 e. The maximum atomic E-state index is 12.5. The number of urea groups is 1. The summed E-state index contributed by atoms with van der Waals surface area (Å²) in [6.45, 7) is 4.54. The quantitative estimate of drug-likeness (QED) is 0.500. The highest BCUT2D eigenvalue weighted by Crippen LogP contribution is 2.42. The fraction of sp³-hybridized carbons (Fsp3) is 0.200. The molecule has 0 aromatic heterocycles. The molecule has 1 saturated heterocycles. The maximum Gasteiger partial charge on any atom is 0.323 e. The predicted octanol–water partition coefficient (Wildman–Crippen LogP) is 5.82. The molecule has 0 spiro atoms. The van der Waals surface area contributed by atoms with Crippen LogP contribution < -0.4 is 20.3 Å². The zero-order valence-electron chi connectivity index (χ0n) is 18.0. The number of rotatable bonds is 6. The molecule has 6 nitrogen and oxygen atoms in total. The molecule has 1 aliphatic rings. The van der Waals surface area contributed by atoms with Gasteiger partial charge in [-0.1, -0.05) is 24.3 Å².